The summed E-state index contributed by atoms with van der Waals surface area (Å²) < 4.78 is 9.72. The third kappa shape index (κ3) is 2.04. The van der Waals surface area contributed by atoms with Gasteiger partial charge in [0.15, 0.2) is 6.04 Å². The lowest BCUT2D eigenvalue weighted by atomic mass is 10.1. The first-order valence-corrected chi connectivity index (χ1v) is 5.75. The molecular formula is C13H15NO5. The van der Waals surface area contributed by atoms with Gasteiger partial charge in [0.25, 0.3) is 0 Å². The molecule has 0 spiro atoms. The van der Waals surface area contributed by atoms with Gasteiger partial charge in [-0.2, -0.15) is 0 Å². The summed E-state index contributed by atoms with van der Waals surface area (Å²) in [5.74, 6) is -0.442. The van der Waals surface area contributed by atoms with Crippen LogP contribution in [0.3, 0.4) is 0 Å². The van der Waals surface area contributed by atoms with E-state index in [4.69, 9.17) is 4.74 Å². The molecule has 2 rings (SSSR count). The number of hydrogen-bond donors (Lipinski definition) is 1. The van der Waals surface area contributed by atoms with Gasteiger partial charge in [0, 0.05) is 12.5 Å². The molecule has 1 N–H and O–H groups in total. The zero-order valence-corrected chi connectivity index (χ0v) is 10.9. The molecule has 1 amide bonds. The highest BCUT2D eigenvalue weighted by Gasteiger charge is 2.45. The van der Waals surface area contributed by atoms with Crippen LogP contribution in [0.1, 0.15) is 18.6 Å². The number of ether oxygens (including phenoxy) is 2. The Morgan fingerprint density at radius 1 is 1.32 bits per heavy atom. The van der Waals surface area contributed by atoms with Gasteiger partial charge in [0.2, 0.25) is 5.91 Å². The van der Waals surface area contributed by atoms with Gasteiger partial charge in [-0.15, -0.1) is 0 Å². The van der Waals surface area contributed by atoms with Crippen LogP contribution in [0.2, 0.25) is 0 Å². The number of rotatable bonds is 2. The third-order valence-electron chi connectivity index (χ3n) is 3.17. The second kappa shape index (κ2) is 4.89. The number of anilines is 1. The molecule has 0 saturated carbocycles. The number of fused-ring (bicyclic) bond motifs is 1. The number of aliphatic hydroxyl groups excluding tert-OH is 1. The summed E-state index contributed by atoms with van der Waals surface area (Å²) in [6, 6.07) is 3.87. The largest absolute Gasteiger partial charge is 0.497 e. The van der Waals surface area contributed by atoms with Crippen LogP contribution in [0.5, 0.6) is 5.75 Å². The molecule has 0 fully saturated rings. The van der Waals surface area contributed by atoms with Crippen LogP contribution in [0.4, 0.5) is 5.69 Å². The van der Waals surface area contributed by atoms with Crippen LogP contribution < -0.4 is 9.64 Å². The van der Waals surface area contributed by atoms with E-state index in [1.54, 1.807) is 18.2 Å². The highest BCUT2D eigenvalue weighted by atomic mass is 16.5. The number of carbonyl (C=O) groups excluding carboxylic acids is 2. The Hall–Kier alpha value is -2.08. The van der Waals surface area contributed by atoms with Gasteiger partial charge in [0.05, 0.1) is 19.9 Å². The van der Waals surface area contributed by atoms with E-state index >= 15 is 0 Å². The molecule has 6 nitrogen and oxygen atoms in total. The SMILES string of the molecule is COC(=O)[C@H]1[C@@H](O)c2cc(OC)ccc2N1C(C)=O. The fourth-order valence-corrected chi connectivity index (χ4v) is 2.30. The minimum absolute atomic E-state index is 0.335. The predicted octanol–water partition coefficient (Wildman–Crippen LogP) is 0.637. The maximum absolute atomic E-state index is 11.8. The van der Waals surface area contributed by atoms with Crippen molar-refractivity contribution in [2.24, 2.45) is 0 Å². The second-order valence-electron chi connectivity index (χ2n) is 4.23. The summed E-state index contributed by atoms with van der Waals surface area (Å²) in [6.07, 6.45) is -1.12. The molecule has 6 heteroatoms. The van der Waals surface area contributed by atoms with E-state index in [1.807, 2.05) is 0 Å². The zero-order chi connectivity index (χ0) is 14.2. The summed E-state index contributed by atoms with van der Waals surface area (Å²) in [6.45, 7) is 1.34. The van der Waals surface area contributed by atoms with Crippen molar-refractivity contribution < 1.29 is 24.2 Å². The van der Waals surface area contributed by atoms with Crippen molar-refractivity contribution >= 4 is 17.6 Å². The number of methoxy groups -OCH3 is 2. The Morgan fingerprint density at radius 2 is 2.00 bits per heavy atom. The topological polar surface area (TPSA) is 76.1 Å². The summed E-state index contributed by atoms with van der Waals surface area (Å²) in [4.78, 5) is 24.7. The van der Waals surface area contributed by atoms with E-state index in [0.29, 0.717) is 17.0 Å². The molecule has 0 aromatic heterocycles. The molecule has 0 saturated heterocycles. The monoisotopic (exact) mass is 265 g/mol. The van der Waals surface area contributed by atoms with Gasteiger partial charge in [-0.05, 0) is 18.2 Å². The second-order valence-corrected chi connectivity index (χ2v) is 4.23. The maximum Gasteiger partial charge on any atom is 0.332 e. The van der Waals surface area contributed by atoms with Gasteiger partial charge in [-0.1, -0.05) is 0 Å². The van der Waals surface area contributed by atoms with Crippen LogP contribution in [0, 0.1) is 0 Å². The summed E-state index contributed by atoms with van der Waals surface area (Å²) in [5, 5.41) is 10.2. The third-order valence-corrected chi connectivity index (χ3v) is 3.17. The number of hydrogen-bond acceptors (Lipinski definition) is 5. The minimum Gasteiger partial charge on any atom is -0.497 e. The van der Waals surface area contributed by atoms with Crippen LogP contribution >= 0.6 is 0 Å². The van der Waals surface area contributed by atoms with E-state index in [9.17, 15) is 14.7 Å². The van der Waals surface area contributed by atoms with Gasteiger partial charge in [-0.3, -0.25) is 9.69 Å². The Balaban J connectivity index is 2.53. The fourth-order valence-electron chi connectivity index (χ4n) is 2.30. The summed E-state index contributed by atoms with van der Waals surface area (Å²) in [7, 11) is 2.72. The normalized spacial score (nSPS) is 20.9. The van der Waals surface area contributed by atoms with Crippen molar-refractivity contribution in [1.82, 2.24) is 0 Å². The minimum atomic E-state index is -1.12. The molecule has 1 aromatic rings. The Bertz CT molecular complexity index is 528. The number of carbonyl (C=O) groups is 2. The molecule has 0 aliphatic carbocycles. The predicted molar refractivity (Wildman–Crippen MR) is 66.9 cm³/mol. The number of amides is 1. The van der Waals surface area contributed by atoms with E-state index in [1.165, 1.54) is 26.0 Å². The van der Waals surface area contributed by atoms with Gasteiger partial charge >= 0.3 is 5.97 Å². The van der Waals surface area contributed by atoms with Gasteiger partial charge < -0.3 is 14.6 Å². The number of nitrogens with zero attached hydrogens (tertiary/aromatic N) is 1. The molecule has 0 bridgehead atoms. The molecule has 0 unspecified atom stereocenters. The van der Waals surface area contributed by atoms with Crippen molar-refractivity contribution in [2.45, 2.75) is 19.1 Å². The smallest absolute Gasteiger partial charge is 0.332 e. The molecular weight excluding hydrogens is 250 g/mol. The van der Waals surface area contributed by atoms with E-state index < -0.39 is 18.1 Å². The Kier molecular flexibility index (Phi) is 3.44. The highest BCUT2D eigenvalue weighted by Crippen LogP contribution is 2.41. The number of aliphatic hydroxyl groups is 1. The molecule has 1 aliphatic rings. The van der Waals surface area contributed by atoms with E-state index in [-0.39, 0.29) is 5.91 Å². The molecule has 1 aromatic carbocycles. The standard InChI is InChI=1S/C13H15NO5/c1-7(15)14-10-5-4-8(18-2)6-9(10)12(16)11(14)13(17)19-3/h4-6,11-12,16H,1-3H3/t11-,12+/m1/s1. The lowest BCUT2D eigenvalue weighted by Gasteiger charge is -2.23. The zero-order valence-electron chi connectivity index (χ0n) is 10.9. The maximum atomic E-state index is 11.8. The van der Waals surface area contributed by atoms with E-state index in [0.717, 1.165) is 0 Å². The lowest BCUT2D eigenvalue weighted by molar-refractivity contribution is -0.146. The number of benzene rings is 1. The quantitative estimate of drug-likeness (QED) is 0.794. The van der Waals surface area contributed by atoms with Crippen molar-refractivity contribution in [2.75, 3.05) is 19.1 Å². The molecule has 102 valence electrons. The average molecular weight is 265 g/mol. The fraction of sp³-hybridized carbons (Fsp3) is 0.385. The van der Waals surface area contributed by atoms with Crippen molar-refractivity contribution in [1.29, 1.82) is 0 Å². The summed E-state index contributed by atoms with van der Waals surface area (Å²) in [5.41, 5.74) is 0.973. The van der Waals surface area contributed by atoms with Crippen molar-refractivity contribution in [3.63, 3.8) is 0 Å². The first-order chi connectivity index (χ1) is 9.01. The van der Waals surface area contributed by atoms with E-state index in [2.05, 4.69) is 4.74 Å². The van der Waals surface area contributed by atoms with Gasteiger partial charge in [-0.25, -0.2) is 4.79 Å². The Labute approximate surface area is 110 Å². The van der Waals surface area contributed by atoms with Crippen LogP contribution in [-0.2, 0) is 14.3 Å². The Morgan fingerprint density at radius 3 is 2.53 bits per heavy atom. The summed E-state index contributed by atoms with van der Waals surface area (Å²) >= 11 is 0. The molecule has 0 radical (unpaired) electrons. The average Bonchev–Trinajstić information content (AvgIpc) is 2.70. The van der Waals surface area contributed by atoms with Crippen molar-refractivity contribution in [3.8, 4) is 5.75 Å². The van der Waals surface area contributed by atoms with Crippen LogP contribution in [-0.4, -0.2) is 37.2 Å². The van der Waals surface area contributed by atoms with Gasteiger partial charge in [0.1, 0.15) is 11.9 Å². The van der Waals surface area contributed by atoms with Crippen LogP contribution in [0.15, 0.2) is 18.2 Å². The molecule has 2 atom stereocenters. The van der Waals surface area contributed by atoms with Crippen LogP contribution in [0.25, 0.3) is 0 Å². The van der Waals surface area contributed by atoms with Crippen molar-refractivity contribution in [3.05, 3.63) is 23.8 Å². The first-order valence-electron chi connectivity index (χ1n) is 5.75. The molecule has 1 aliphatic heterocycles. The lowest BCUT2D eigenvalue weighted by Crippen LogP contribution is -2.44. The highest BCUT2D eigenvalue weighted by molar-refractivity contribution is 6.01. The molecule has 1 heterocycles. The molecule has 19 heavy (non-hydrogen) atoms. The first kappa shape index (κ1) is 13.4. The number of esters is 1.